The Morgan fingerprint density at radius 1 is 0.733 bits per heavy atom. The van der Waals surface area contributed by atoms with Gasteiger partial charge in [-0.2, -0.15) is 0 Å². The van der Waals surface area contributed by atoms with Gasteiger partial charge in [-0.25, -0.2) is 14.4 Å². The molecule has 0 bridgehead atoms. The molecule has 2 atom stereocenters. The third-order valence-corrected chi connectivity index (χ3v) is 6.17. The molecule has 4 rings (SSSR count). The predicted octanol–water partition coefficient (Wildman–Crippen LogP) is 8.76. The average molecular weight is 763 g/mol. The van der Waals surface area contributed by atoms with Crippen molar-refractivity contribution in [1.82, 2.24) is 5.32 Å². The molecule has 0 saturated carbocycles. The lowest BCUT2D eigenvalue weighted by Gasteiger charge is -2.21. The molecule has 11 nitrogen and oxygen atoms in total. The number of hydrogen-bond donors (Lipinski definition) is 2. The number of hydrogen-bond acceptors (Lipinski definition) is 10. The Balaban J connectivity index is 0.000000343. The summed E-state index contributed by atoms with van der Waals surface area (Å²) >= 11 is 6.75. The van der Waals surface area contributed by atoms with E-state index >= 15 is 0 Å². The zero-order chi connectivity index (χ0) is 33.5. The summed E-state index contributed by atoms with van der Waals surface area (Å²) in [5.41, 5.74) is 5.95. The molecule has 2 aliphatic rings. The predicted molar refractivity (Wildman–Crippen MR) is 179 cm³/mol. The summed E-state index contributed by atoms with van der Waals surface area (Å²) < 4.78 is 31.9. The molecule has 252 valence electrons. The third-order valence-electron chi connectivity index (χ3n) is 5.19. The first-order valence-corrected chi connectivity index (χ1v) is 15.4. The van der Waals surface area contributed by atoms with E-state index in [1.165, 1.54) is 0 Å². The minimum atomic E-state index is -1.06. The molecule has 2 aliphatic heterocycles. The van der Waals surface area contributed by atoms with E-state index < -0.39 is 35.2 Å². The zero-order valence-electron chi connectivity index (χ0n) is 26.5. The zero-order valence-corrected chi connectivity index (χ0v) is 29.7. The number of fused-ring (bicyclic) bond motifs is 2. The first kappa shape index (κ1) is 40.0. The van der Waals surface area contributed by atoms with Gasteiger partial charge >= 0.3 is 18.4 Å². The Morgan fingerprint density at radius 2 is 1.16 bits per heavy atom. The van der Waals surface area contributed by atoms with Crippen molar-refractivity contribution in [2.45, 2.75) is 98.6 Å². The summed E-state index contributed by atoms with van der Waals surface area (Å²) in [6.45, 7) is 16.6. The van der Waals surface area contributed by atoms with Crippen molar-refractivity contribution in [1.29, 1.82) is 0 Å². The summed E-state index contributed by atoms with van der Waals surface area (Å²) in [5.74, 6) is 1.71. The summed E-state index contributed by atoms with van der Waals surface area (Å²) in [7, 11) is 0. The number of carbonyl (C=O) groups is 3. The van der Waals surface area contributed by atoms with E-state index in [-0.39, 0.29) is 19.5 Å². The highest BCUT2D eigenvalue weighted by Crippen LogP contribution is 2.35. The monoisotopic (exact) mass is 760 g/mol. The Kier molecular flexibility index (Phi) is 14.7. The molecule has 0 aliphatic carbocycles. The fourth-order valence-corrected chi connectivity index (χ4v) is 4.25. The Labute approximate surface area is 283 Å². The number of rotatable bonds is 1. The smallest absolute Gasteiger partial charge is 0.491 e. The normalized spacial score (nSPS) is 16.3. The van der Waals surface area contributed by atoms with E-state index in [2.05, 4.69) is 41.9 Å². The van der Waals surface area contributed by atoms with Gasteiger partial charge in [0, 0.05) is 20.1 Å². The van der Waals surface area contributed by atoms with E-state index in [1.54, 1.807) is 41.5 Å². The quantitative estimate of drug-likeness (QED) is 0.164. The van der Waals surface area contributed by atoms with E-state index in [1.807, 2.05) is 57.2 Å². The van der Waals surface area contributed by atoms with Crippen LogP contribution in [0.4, 0.5) is 14.4 Å². The van der Waals surface area contributed by atoms with Crippen molar-refractivity contribution < 1.29 is 42.8 Å². The maximum Gasteiger partial charge on any atom is 0.519 e. The topological polar surface area (TPSA) is 145 Å². The second-order valence-electron chi connectivity index (χ2n) is 12.8. The van der Waals surface area contributed by atoms with Crippen molar-refractivity contribution in [2.75, 3.05) is 13.2 Å². The Hall–Kier alpha value is -3.03. The van der Waals surface area contributed by atoms with Crippen molar-refractivity contribution in [3.63, 3.8) is 0 Å². The SMILES string of the molecule is C.CC(C)(C)OC(=O)NC1COc2cc(Br)ccc21.CC(C)(C)OC(=O)OC(=O)OC(C)(C)C.NC1COc2cc(Br)ccc21. The number of amides is 1. The molecule has 45 heavy (non-hydrogen) atoms. The van der Waals surface area contributed by atoms with Gasteiger partial charge < -0.3 is 39.5 Å². The molecule has 3 N–H and O–H groups in total. The van der Waals surface area contributed by atoms with Crippen molar-refractivity contribution in [3.05, 3.63) is 56.5 Å². The van der Waals surface area contributed by atoms with Gasteiger partial charge in [0.2, 0.25) is 0 Å². The van der Waals surface area contributed by atoms with Crippen LogP contribution in [0.3, 0.4) is 0 Å². The summed E-state index contributed by atoms with van der Waals surface area (Å²) in [4.78, 5) is 33.7. The number of alkyl carbamates (subject to hydrolysis) is 1. The summed E-state index contributed by atoms with van der Waals surface area (Å²) in [6.07, 6.45) is -2.54. The van der Waals surface area contributed by atoms with Gasteiger partial charge in [0.1, 0.15) is 41.5 Å². The molecule has 2 unspecified atom stereocenters. The molecular weight excluding hydrogens is 716 g/mol. The molecule has 2 heterocycles. The highest BCUT2D eigenvalue weighted by atomic mass is 79.9. The summed E-state index contributed by atoms with van der Waals surface area (Å²) in [5, 5.41) is 2.81. The number of nitrogens with one attached hydrogen (secondary N) is 1. The van der Waals surface area contributed by atoms with Crippen LogP contribution in [0.2, 0.25) is 0 Å². The maximum absolute atomic E-state index is 11.7. The lowest BCUT2D eigenvalue weighted by Crippen LogP contribution is -2.35. The number of ether oxygens (including phenoxy) is 6. The van der Waals surface area contributed by atoms with Crippen LogP contribution in [-0.2, 0) is 18.9 Å². The van der Waals surface area contributed by atoms with Crippen LogP contribution < -0.4 is 20.5 Å². The van der Waals surface area contributed by atoms with Gasteiger partial charge in [0.15, 0.2) is 0 Å². The fourth-order valence-electron chi connectivity index (χ4n) is 3.57. The molecule has 0 spiro atoms. The second kappa shape index (κ2) is 16.5. The molecule has 0 fully saturated rings. The van der Waals surface area contributed by atoms with Crippen LogP contribution in [0.1, 0.15) is 93.0 Å². The number of halogens is 2. The van der Waals surface area contributed by atoms with Crippen molar-refractivity contribution in [2.24, 2.45) is 5.73 Å². The highest BCUT2D eigenvalue weighted by Gasteiger charge is 2.28. The molecule has 0 saturated heterocycles. The van der Waals surface area contributed by atoms with Crippen LogP contribution in [0.15, 0.2) is 45.3 Å². The first-order chi connectivity index (χ1) is 20.1. The first-order valence-electron chi connectivity index (χ1n) is 13.9. The van der Waals surface area contributed by atoms with Crippen LogP contribution in [-0.4, -0.2) is 48.4 Å². The minimum Gasteiger partial charge on any atom is -0.491 e. The molecule has 2 aromatic carbocycles. The third kappa shape index (κ3) is 15.2. The Bertz CT molecular complexity index is 1290. The standard InChI is InChI=1S/C13H16BrNO3.C10H18O5.C8H8BrNO.CH4/c1-13(2,3)18-12(16)15-10-7-17-11-6-8(14)4-5-9(10)11;1-9(2,3)14-7(11)13-8(12)15-10(4,5)6;9-5-1-2-6-7(10)4-11-8(6)3-5;/h4-6,10H,7H2,1-3H3,(H,15,16);1-6H3;1-3,7H,4,10H2;1H4. The number of benzene rings is 2. The second-order valence-corrected chi connectivity index (χ2v) is 14.7. The van der Waals surface area contributed by atoms with Crippen LogP contribution in [0, 0.1) is 0 Å². The molecule has 13 heteroatoms. The van der Waals surface area contributed by atoms with Crippen LogP contribution in [0.5, 0.6) is 11.5 Å². The van der Waals surface area contributed by atoms with Gasteiger partial charge in [0.25, 0.3) is 0 Å². The van der Waals surface area contributed by atoms with Gasteiger partial charge in [0.05, 0.1) is 12.1 Å². The van der Waals surface area contributed by atoms with Gasteiger partial charge in [-0.1, -0.05) is 51.4 Å². The van der Waals surface area contributed by atoms with E-state index in [0.717, 1.165) is 31.6 Å². The average Bonchev–Trinajstić information content (AvgIpc) is 3.38. The van der Waals surface area contributed by atoms with Gasteiger partial charge in [-0.05, 0) is 86.6 Å². The highest BCUT2D eigenvalue weighted by molar-refractivity contribution is 9.10. The Morgan fingerprint density at radius 3 is 1.62 bits per heavy atom. The molecule has 1 amide bonds. The molecule has 0 aromatic heterocycles. The molecule has 0 radical (unpaired) electrons. The van der Waals surface area contributed by atoms with Crippen molar-refractivity contribution >= 4 is 50.3 Å². The fraction of sp³-hybridized carbons (Fsp3) is 0.531. The lowest BCUT2D eigenvalue weighted by atomic mass is 10.1. The summed E-state index contributed by atoms with van der Waals surface area (Å²) in [6, 6.07) is 11.6. The van der Waals surface area contributed by atoms with Gasteiger partial charge in [-0.3, -0.25) is 0 Å². The number of nitrogens with two attached hydrogens (primary N) is 1. The number of carbonyl (C=O) groups excluding carboxylic acids is 3. The maximum atomic E-state index is 11.7. The van der Waals surface area contributed by atoms with Crippen LogP contribution >= 0.6 is 31.9 Å². The van der Waals surface area contributed by atoms with Gasteiger partial charge in [-0.15, -0.1) is 0 Å². The van der Waals surface area contributed by atoms with E-state index in [4.69, 9.17) is 29.4 Å². The lowest BCUT2D eigenvalue weighted by molar-refractivity contribution is -0.0294. The largest absolute Gasteiger partial charge is 0.519 e. The van der Waals surface area contributed by atoms with Crippen LogP contribution in [0.25, 0.3) is 0 Å². The van der Waals surface area contributed by atoms with E-state index in [0.29, 0.717) is 13.2 Å². The molecule has 2 aromatic rings. The van der Waals surface area contributed by atoms with Crippen molar-refractivity contribution in [3.8, 4) is 11.5 Å². The minimum absolute atomic E-state index is 0. The molecular formula is C32H46Br2N2O9. The van der Waals surface area contributed by atoms with E-state index in [9.17, 15) is 14.4 Å².